The molecule has 0 heterocycles. The van der Waals surface area contributed by atoms with Gasteiger partial charge in [-0.25, -0.2) is 4.79 Å². The molecule has 0 aliphatic rings. The average molecular weight is 271 g/mol. The van der Waals surface area contributed by atoms with Crippen molar-refractivity contribution in [3.8, 4) is 0 Å². The van der Waals surface area contributed by atoms with Crippen molar-refractivity contribution in [3.05, 3.63) is 0 Å². The maximum atomic E-state index is 13.0. The lowest BCUT2D eigenvalue weighted by molar-refractivity contribution is -0.294. The molecule has 1 amide bonds. The normalized spacial score (nSPS) is 15.1. The summed E-state index contributed by atoms with van der Waals surface area (Å²) in [7, 11) is 0. The van der Waals surface area contributed by atoms with Gasteiger partial charge in [0.2, 0.25) is 5.91 Å². The van der Waals surface area contributed by atoms with Gasteiger partial charge in [0.25, 0.3) is 0 Å². The second-order valence-corrected chi connectivity index (χ2v) is 3.75. The molecule has 0 spiro atoms. The van der Waals surface area contributed by atoms with Crippen LogP contribution in [0.5, 0.6) is 0 Å². The number of hydrogen-bond donors (Lipinski definition) is 1. The number of hydrogen-bond acceptors (Lipinski definition) is 4. The lowest BCUT2D eigenvalue weighted by Gasteiger charge is -2.34. The molecule has 0 rings (SSSR count). The number of amides is 1. The van der Waals surface area contributed by atoms with Crippen molar-refractivity contribution in [3.63, 3.8) is 0 Å². The van der Waals surface area contributed by atoms with E-state index in [1.54, 1.807) is 0 Å². The smallest absolute Gasteiger partial charge is 0.448 e. The third-order valence-electron chi connectivity index (χ3n) is 1.73. The first-order chi connectivity index (χ1) is 8.06. The van der Waals surface area contributed by atoms with Crippen LogP contribution in [0.1, 0.15) is 27.7 Å². The molecule has 0 fully saturated rings. The summed E-state index contributed by atoms with van der Waals surface area (Å²) < 4.78 is 48.0. The number of alkyl halides is 3. The topological polar surface area (TPSA) is 64.6 Å². The fourth-order valence-electron chi connectivity index (χ4n) is 1.22. The van der Waals surface area contributed by atoms with E-state index in [4.69, 9.17) is 0 Å². The van der Waals surface area contributed by atoms with Crippen LogP contribution in [0.4, 0.5) is 13.2 Å². The molecule has 106 valence electrons. The van der Waals surface area contributed by atoms with Gasteiger partial charge in [0.05, 0.1) is 12.7 Å². The van der Waals surface area contributed by atoms with Gasteiger partial charge in [0.1, 0.15) is 0 Å². The van der Waals surface area contributed by atoms with Crippen LogP contribution in [0.3, 0.4) is 0 Å². The molecule has 0 aromatic rings. The van der Waals surface area contributed by atoms with Crippen molar-refractivity contribution >= 4 is 11.9 Å². The summed E-state index contributed by atoms with van der Waals surface area (Å²) in [5, 5.41) is 1.49. The predicted molar refractivity (Wildman–Crippen MR) is 55.5 cm³/mol. The summed E-state index contributed by atoms with van der Waals surface area (Å²) in [5.74, 6) is -2.75. The zero-order valence-corrected chi connectivity index (χ0v) is 10.6. The van der Waals surface area contributed by atoms with Crippen molar-refractivity contribution in [2.45, 2.75) is 45.7 Å². The van der Waals surface area contributed by atoms with Gasteiger partial charge in [-0.05, 0) is 20.8 Å². The van der Waals surface area contributed by atoms with Gasteiger partial charge in [-0.1, -0.05) is 0 Å². The van der Waals surface area contributed by atoms with E-state index < -0.39 is 29.9 Å². The Morgan fingerprint density at radius 3 is 2.06 bits per heavy atom. The first-order valence-electron chi connectivity index (χ1n) is 5.27. The van der Waals surface area contributed by atoms with E-state index in [1.165, 1.54) is 26.1 Å². The van der Waals surface area contributed by atoms with E-state index in [-0.39, 0.29) is 6.61 Å². The quantitative estimate of drug-likeness (QED) is 0.606. The minimum absolute atomic E-state index is 0.266. The van der Waals surface area contributed by atoms with E-state index in [1.807, 2.05) is 0 Å². The van der Waals surface area contributed by atoms with Crippen LogP contribution in [0.25, 0.3) is 0 Å². The summed E-state index contributed by atoms with van der Waals surface area (Å²) >= 11 is 0. The first-order valence-corrected chi connectivity index (χ1v) is 5.27. The molecule has 8 heteroatoms. The summed E-state index contributed by atoms with van der Waals surface area (Å²) in [5.41, 5.74) is -3.47. The van der Waals surface area contributed by atoms with Crippen LogP contribution in [0.15, 0.2) is 0 Å². The Kier molecular flexibility index (Phi) is 5.59. The van der Waals surface area contributed by atoms with Gasteiger partial charge in [0.15, 0.2) is 0 Å². The largest absolute Gasteiger partial charge is 0.462 e. The molecule has 0 unspecified atom stereocenters. The van der Waals surface area contributed by atoms with E-state index in [2.05, 4.69) is 9.47 Å². The fraction of sp³-hybridized carbons (Fsp3) is 0.800. The maximum Gasteiger partial charge on any atom is 0.448 e. The lowest BCUT2D eigenvalue weighted by Crippen LogP contribution is -2.66. The number of nitrogens with one attached hydrogen (secondary N) is 1. The molecule has 0 aromatic carbocycles. The number of halogens is 3. The summed E-state index contributed by atoms with van der Waals surface area (Å²) in [6.07, 6.45) is -6.07. The number of rotatable bonds is 5. The van der Waals surface area contributed by atoms with Crippen LogP contribution in [-0.2, 0) is 19.1 Å². The highest BCUT2D eigenvalue weighted by Gasteiger charge is 2.65. The van der Waals surface area contributed by atoms with E-state index in [9.17, 15) is 22.8 Å². The van der Waals surface area contributed by atoms with Gasteiger partial charge in [-0.2, -0.15) is 13.2 Å². The number of carbonyl (C=O) groups is 2. The third kappa shape index (κ3) is 3.86. The molecule has 1 N–H and O–H groups in total. The van der Waals surface area contributed by atoms with Gasteiger partial charge >= 0.3 is 17.9 Å². The second-order valence-electron chi connectivity index (χ2n) is 3.75. The maximum absolute atomic E-state index is 13.0. The minimum Gasteiger partial charge on any atom is -0.462 e. The van der Waals surface area contributed by atoms with Gasteiger partial charge in [0, 0.05) is 6.92 Å². The fourth-order valence-corrected chi connectivity index (χ4v) is 1.22. The average Bonchev–Trinajstić information content (AvgIpc) is 2.13. The first kappa shape index (κ1) is 16.7. The Balaban J connectivity index is 5.54. The number of ether oxygens (including phenoxy) is 2. The van der Waals surface area contributed by atoms with E-state index in [0.29, 0.717) is 0 Å². The highest BCUT2D eigenvalue weighted by atomic mass is 19.4. The molecule has 0 aromatic heterocycles. The standard InChI is InChI=1S/C10H16F3NO4/c1-5-17-8(16)9(10(11,12)13,14-7(4)15)18-6(2)3/h6H,5H2,1-4H3,(H,14,15)/t9-/m0/s1. The molecule has 0 saturated heterocycles. The second kappa shape index (κ2) is 6.03. The highest BCUT2D eigenvalue weighted by Crippen LogP contribution is 2.34. The van der Waals surface area contributed by atoms with Crippen molar-refractivity contribution in [2.24, 2.45) is 0 Å². The van der Waals surface area contributed by atoms with Crippen LogP contribution in [0.2, 0.25) is 0 Å². The van der Waals surface area contributed by atoms with Crippen LogP contribution in [0, 0.1) is 0 Å². The van der Waals surface area contributed by atoms with Crippen LogP contribution in [-0.4, -0.2) is 36.5 Å². The van der Waals surface area contributed by atoms with Gasteiger partial charge in [-0.3, -0.25) is 4.79 Å². The Morgan fingerprint density at radius 2 is 1.78 bits per heavy atom. The van der Waals surface area contributed by atoms with Crippen molar-refractivity contribution < 1.29 is 32.2 Å². The van der Waals surface area contributed by atoms with Crippen molar-refractivity contribution in [2.75, 3.05) is 6.61 Å². The van der Waals surface area contributed by atoms with Crippen molar-refractivity contribution in [1.82, 2.24) is 5.32 Å². The number of esters is 1. The molecule has 5 nitrogen and oxygen atoms in total. The number of carbonyl (C=O) groups excluding carboxylic acids is 2. The summed E-state index contributed by atoms with van der Waals surface area (Å²) in [6.45, 7) is 4.55. The molecule has 0 bridgehead atoms. The molecular weight excluding hydrogens is 255 g/mol. The Labute approximate surface area is 103 Å². The van der Waals surface area contributed by atoms with Crippen molar-refractivity contribution in [1.29, 1.82) is 0 Å². The Hall–Kier alpha value is -1.31. The van der Waals surface area contributed by atoms with Crippen LogP contribution < -0.4 is 5.32 Å². The SMILES string of the molecule is CCOC(=O)[C@](NC(C)=O)(OC(C)C)C(F)(F)F. The van der Waals surface area contributed by atoms with Gasteiger partial charge < -0.3 is 14.8 Å². The zero-order valence-electron chi connectivity index (χ0n) is 10.6. The molecule has 0 saturated carbocycles. The highest BCUT2D eigenvalue weighted by molar-refractivity contribution is 5.86. The summed E-state index contributed by atoms with van der Waals surface area (Å²) in [6, 6.07) is 0. The molecule has 1 atom stereocenters. The third-order valence-corrected chi connectivity index (χ3v) is 1.73. The zero-order chi connectivity index (χ0) is 14.6. The predicted octanol–water partition coefficient (Wildman–Crippen LogP) is 1.37. The lowest BCUT2D eigenvalue weighted by atomic mass is 10.2. The van der Waals surface area contributed by atoms with E-state index in [0.717, 1.165) is 6.92 Å². The minimum atomic E-state index is -5.13. The molecular formula is C10H16F3NO4. The van der Waals surface area contributed by atoms with E-state index >= 15 is 0 Å². The molecule has 0 aliphatic heterocycles. The molecule has 0 aliphatic carbocycles. The van der Waals surface area contributed by atoms with Crippen LogP contribution >= 0.6 is 0 Å². The monoisotopic (exact) mass is 271 g/mol. The molecule has 0 radical (unpaired) electrons. The Morgan fingerprint density at radius 1 is 1.28 bits per heavy atom. The molecule has 18 heavy (non-hydrogen) atoms. The van der Waals surface area contributed by atoms with Gasteiger partial charge in [-0.15, -0.1) is 0 Å². The summed E-state index contributed by atoms with van der Waals surface area (Å²) in [4.78, 5) is 22.4. The Bertz CT molecular complexity index is 317.